The van der Waals surface area contributed by atoms with Gasteiger partial charge in [0.2, 0.25) is 5.91 Å². The van der Waals surface area contributed by atoms with Crippen molar-refractivity contribution in [2.45, 2.75) is 25.8 Å². The number of hydrogen-bond acceptors (Lipinski definition) is 4. The second-order valence-corrected chi connectivity index (χ2v) is 6.96. The smallest absolute Gasteiger partial charge is 0.250 e. The van der Waals surface area contributed by atoms with Crippen molar-refractivity contribution in [1.29, 1.82) is 0 Å². The first kappa shape index (κ1) is 16.9. The molecule has 128 valence electrons. The number of fused-ring (bicyclic) bond motifs is 1. The summed E-state index contributed by atoms with van der Waals surface area (Å²) in [5.74, 6) is 0.163. The summed E-state index contributed by atoms with van der Waals surface area (Å²) in [7, 11) is 1.64. The first-order valence-corrected chi connectivity index (χ1v) is 9.07. The molecule has 3 rings (SSSR count). The van der Waals surface area contributed by atoms with Crippen LogP contribution in [0.2, 0.25) is 0 Å². The van der Waals surface area contributed by atoms with Crippen LogP contribution in [0.25, 0.3) is 0 Å². The Balaban J connectivity index is 1.74. The summed E-state index contributed by atoms with van der Waals surface area (Å²) in [6.07, 6.45) is 1.97. The summed E-state index contributed by atoms with van der Waals surface area (Å²) in [4.78, 5) is 27.7. The average Bonchev–Trinajstić information content (AvgIpc) is 2.98. The Hall–Kier alpha value is -1.92. The lowest BCUT2D eigenvalue weighted by molar-refractivity contribution is -0.130. The maximum absolute atomic E-state index is 12.5. The second kappa shape index (κ2) is 7.77. The van der Waals surface area contributed by atoms with E-state index in [1.165, 1.54) is 0 Å². The lowest BCUT2D eigenvalue weighted by Gasteiger charge is -2.20. The molecule has 0 saturated heterocycles. The quantitative estimate of drug-likeness (QED) is 0.828. The molecular formula is C18H22N2O3S. The summed E-state index contributed by atoms with van der Waals surface area (Å²) in [6.45, 7) is 2.44. The number of thiophene rings is 1. The molecule has 1 aliphatic rings. The number of carbonyl (C=O) groups is 1. The molecule has 24 heavy (non-hydrogen) atoms. The van der Waals surface area contributed by atoms with Gasteiger partial charge in [0.15, 0.2) is 0 Å². The summed E-state index contributed by atoms with van der Waals surface area (Å²) in [5, 5.41) is 2.00. The Bertz CT molecular complexity index is 752. The Labute approximate surface area is 145 Å². The van der Waals surface area contributed by atoms with Gasteiger partial charge in [-0.3, -0.25) is 9.59 Å². The number of aromatic nitrogens is 1. The van der Waals surface area contributed by atoms with Gasteiger partial charge in [0, 0.05) is 49.8 Å². The van der Waals surface area contributed by atoms with Crippen LogP contribution in [-0.4, -0.2) is 42.2 Å². The van der Waals surface area contributed by atoms with Crippen molar-refractivity contribution < 1.29 is 9.53 Å². The Kier molecular flexibility index (Phi) is 5.48. The van der Waals surface area contributed by atoms with Crippen LogP contribution in [0.5, 0.6) is 0 Å². The molecule has 0 bridgehead atoms. The minimum atomic E-state index is 0.00385. The number of hydrogen-bond donors (Lipinski definition) is 0. The van der Waals surface area contributed by atoms with Crippen LogP contribution in [0.15, 0.2) is 34.4 Å². The highest BCUT2D eigenvalue weighted by atomic mass is 32.1. The van der Waals surface area contributed by atoms with Gasteiger partial charge in [0.05, 0.1) is 13.0 Å². The number of ether oxygens (including phenoxy) is 1. The van der Waals surface area contributed by atoms with Gasteiger partial charge in [-0.25, -0.2) is 0 Å². The monoisotopic (exact) mass is 346 g/mol. The van der Waals surface area contributed by atoms with E-state index in [1.54, 1.807) is 29.1 Å². The molecule has 1 amide bonds. The number of amides is 1. The SMILES string of the molecule is COCCn1c2c(ccc1=O)CCN(C(=O)Cc1cccs1)CC2. The van der Waals surface area contributed by atoms with Crippen molar-refractivity contribution in [2.75, 3.05) is 26.8 Å². The highest BCUT2D eigenvalue weighted by molar-refractivity contribution is 7.10. The minimum absolute atomic E-state index is 0.00385. The Morgan fingerprint density at radius 1 is 1.25 bits per heavy atom. The molecule has 1 aliphatic heterocycles. The fourth-order valence-electron chi connectivity index (χ4n) is 3.15. The number of methoxy groups -OCH3 is 1. The lowest BCUT2D eigenvalue weighted by atomic mass is 10.1. The number of nitrogens with zero attached hydrogens (tertiary/aromatic N) is 2. The van der Waals surface area contributed by atoms with E-state index in [1.807, 2.05) is 28.5 Å². The normalized spacial score (nSPS) is 14.3. The standard InChI is InChI=1S/C18H22N2O3S/c1-23-11-10-20-16-7-9-19(8-6-14(16)4-5-17(20)21)18(22)13-15-3-2-12-24-15/h2-5,12H,6-11,13H2,1H3. The van der Waals surface area contributed by atoms with Gasteiger partial charge >= 0.3 is 0 Å². The summed E-state index contributed by atoms with van der Waals surface area (Å²) in [5.41, 5.74) is 2.22. The molecule has 3 heterocycles. The molecule has 0 saturated carbocycles. The first-order valence-electron chi connectivity index (χ1n) is 8.19. The molecule has 0 unspecified atom stereocenters. The third-order valence-corrected chi connectivity index (χ3v) is 5.31. The number of carbonyl (C=O) groups excluding carboxylic acids is 1. The number of rotatable bonds is 5. The molecule has 6 heteroatoms. The van der Waals surface area contributed by atoms with E-state index in [0.717, 1.165) is 22.6 Å². The van der Waals surface area contributed by atoms with Crippen LogP contribution in [0.4, 0.5) is 0 Å². The van der Waals surface area contributed by atoms with Gasteiger partial charge in [-0.05, 0) is 23.4 Å². The molecule has 2 aromatic rings. The zero-order valence-corrected chi connectivity index (χ0v) is 14.7. The average molecular weight is 346 g/mol. The largest absolute Gasteiger partial charge is 0.383 e. The van der Waals surface area contributed by atoms with Crippen molar-refractivity contribution in [3.05, 3.63) is 56.1 Å². The predicted octanol–water partition coefficient (Wildman–Crippen LogP) is 1.73. The Morgan fingerprint density at radius 2 is 2.08 bits per heavy atom. The zero-order chi connectivity index (χ0) is 16.9. The third kappa shape index (κ3) is 3.76. The molecule has 0 radical (unpaired) electrons. The van der Waals surface area contributed by atoms with Crippen molar-refractivity contribution in [3.63, 3.8) is 0 Å². The van der Waals surface area contributed by atoms with Gasteiger partial charge < -0.3 is 14.2 Å². The van der Waals surface area contributed by atoms with Crippen molar-refractivity contribution >= 4 is 17.2 Å². The van der Waals surface area contributed by atoms with Crippen LogP contribution in [0.1, 0.15) is 16.1 Å². The van der Waals surface area contributed by atoms with E-state index in [4.69, 9.17) is 4.74 Å². The van der Waals surface area contributed by atoms with Crippen LogP contribution in [0.3, 0.4) is 0 Å². The van der Waals surface area contributed by atoms with Crippen LogP contribution < -0.4 is 5.56 Å². The van der Waals surface area contributed by atoms with Gasteiger partial charge in [-0.2, -0.15) is 0 Å². The molecule has 5 nitrogen and oxygen atoms in total. The summed E-state index contributed by atoms with van der Waals surface area (Å²) >= 11 is 1.61. The molecule has 2 aromatic heterocycles. The molecule has 0 atom stereocenters. The van der Waals surface area contributed by atoms with Gasteiger partial charge in [0.1, 0.15) is 0 Å². The molecule has 0 N–H and O–H groups in total. The third-order valence-electron chi connectivity index (χ3n) is 4.44. The highest BCUT2D eigenvalue weighted by Gasteiger charge is 2.21. The minimum Gasteiger partial charge on any atom is -0.383 e. The van der Waals surface area contributed by atoms with Gasteiger partial charge in [-0.15, -0.1) is 11.3 Å². The van der Waals surface area contributed by atoms with E-state index in [0.29, 0.717) is 39.1 Å². The van der Waals surface area contributed by atoms with E-state index in [2.05, 4.69) is 0 Å². The zero-order valence-electron chi connectivity index (χ0n) is 13.9. The fourth-order valence-corrected chi connectivity index (χ4v) is 3.84. The van der Waals surface area contributed by atoms with Gasteiger partial charge in [-0.1, -0.05) is 12.1 Å². The van der Waals surface area contributed by atoms with Crippen molar-refractivity contribution in [3.8, 4) is 0 Å². The number of pyridine rings is 1. The van der Waals surface area contributed by atoms with Crippen LogP contribution >= 0.6 is 11.3 Å². The van der Waals surface area contributed by atoms with Crippen LogP contribution in [-0.2, 0) is 35.3 Å². The predicted molar refractivity (Wildman–Crippen MR) is 94.6 cm³/mol. The van der Waals surface area contributed by atoms with E-state index in [9.17, 15) is 9.59 Å². The molecule has 0 aliphatic carbocycles. The highest BCUT2D eigenvalue weighted by Crippen LogP contribution is 2.17. The van der Waals surface area contributed by atoms with Crippen LogP contribution in [0, 0.1) is 0 Å². The molecule has 0 fully saturated rings. The van der Waals surface area contributed by atoms with Gasteiger partial charge in [0.25, 0.3) is 5.56 Å². The maximum Gasteiger partial charge on any atom is 0.250 e. The summed E-state index contributed by atoms with van der Waals surface area (Å²) in [6, 6.07) is 7.50. The topological polar surface area (TPSA) is 51.5 Å². The van der Waals surface area contributed by atoms with E-state index < -0.39 is 0 Å². The van der Waals surface area contributed by atoms with Crippen molar-refractivity contribution in [2.24, 2.45) is 0 Å². The molecule has 0 aromatic carbocycles. The lowest BCUT2D eigenvalue weighted by Crippen LogP contribution is -2.34. The Morgan fingerprint density at radius 3 is 2.83 bits per heavy atom. The molecule has 0 spiro atoms. The maximum atomic E-state index is 12.5. The van der Waals surface area contributed by atoms with Crippen molar-refractivity contribution in [1.82, 2.24) is 9.47 Å². The first-order chi connectivity index (χ1) is 11.7. The second-order valence-electron chi connectivity index (χ2n) is 5.92. The summed E-state index contributed by atoms with van der Waals surface area (Å²) < 4.78 is 6.92. The molecular weight excluding hydrogens is 324 g/mol. The van der Waals surface area contributed by atoms with E-state index in [-0.39, 0.29) is 11.5 Å². The van der Waals surface area contributed by atoms with E-state index >= 15 is 0 Å². The fraction of sp³-hybridized carbons (Fsp3) is 0.444.